The van der Waals surface area contributed by atoms with Crippen LogP contribution in [0.15, 0.2) is 52.4 Å². The Morgan fingerprint density at radius 1 is 1.08 bits per heavy atom. The van der Waals surface area contributed by atoms with Gasteiger partial charge in [0.25, 0.3) is 5.56 Å². The number of ether oxygens (including phenoxy) is 2. The van der Waals surface area contributed by atoms with E-state index in [2.05, 4.69) is 20.5 Å². The fourth-order valence-electron chi connectivity index (χ4n) is 3.79. The number of hydrogen-bond donors (Lipinski definition) is 2. The van der Waals surface area contributed by atoms with Crippen molar-refractivity contribution in [3.63, 3.8) is 0 Å². The van der Waals surface area contributed by atoms with Gasteiger partial charge in [0.1, 0.15) is 23.1 Å². The maximum Gasteiger partial charge on any atom is 0.495 e. The van der Waals surface area contributed by atoms with Crippen molar-refractivity contribution in [1.29, 1.82) is 5.26 Å². The monoisotopic (exact) mass is 501 g/mol. The summed E-state index contributed by atoms with van der Waals surface area (Å²) in [7, 11) is 2.49. The van der Waals surface area contributed by atoms with Crippen molar-refractivity contribution in [3.05, 3.63) is 63.9 Å². The summed E-state index contributed by atoms with van der Waals surface area (Å²) in [6, 6.07) is 14.5. The maximum absolute atomic E-state index is 12.5. The molecule has 4 rings (SSSR count). The van der Waals surface area contributed by atoms with Crippen molar-refractivity contribution < 1.29 is 18.8 Å². The predicted octanol–water partition coefficient (Wildman–Crippen LogP) is 3.07. The number of benzene rings is 2. The van der Waals surface area contributed by atoms with Crippen molar-refractivity contribution >= 4 is 24.7 Å². The van der Waals surface area contributed by atoms with Gasteiger partial charge in [-0.05, 0) is 45.3 Å². The van der Waals surface area contributed by atoms with Gasteiger partial charge in [-0.25, -0.2) is 10.4 Å². The van der Waals surface area contributed by atoms with Crippen molar-refractivity contribution in [2.24, 2.45) is 5.10 Å². The lowest BCUT2D eigenvalue weighted by Crippen LogP contribution is -2.41. The Labute approximate surface area is 215 Å². The molecule has 2 heterocycles. The third kappa shape index (κ3) is 5.07. The van der Waals surface area contributed by atoms with E-state index < -0.39 is 23.9 Å². The van der Waals surface area contributed by atoms with Crippen molar-refractivity contribution in [2.75, 3.05) is 19.6 Å². The van der Waals surface area contributed by atoms with E-state index in [1.165, 1.54) is 6.21 Å². The van der Waals surface area contributed by atoms with Crippen LogP contribution < -0.4 is 25.9 Å². The normalized spacial score (nSPS) is 16.0. The summed E-state index contributed by atoms with van der Waals surface area (Å²) >= 11 is 0. The highest BCUT2D eigenvalue weighted by atomic mass is 16.7. The van der Waals surface area contributed by atoms with Crippen LogP contribution in [0.5, 0.6) is 11.5 Å². The number of hydrazone groups is 1. The van der Waals surface area contributed by atoms with Gasteiger partial charge in [0.15, 0.2) is 0 Å². The van der Waals surface area contributed by atoms with E-state index in [9.17, 15) is 10.1 Å². The van der Waals surface area contributed by atoms with Gasteiger partial charge in [-0.1, -0.05) is 30.3 Å². The molecule has 2 N–H and O–H groups in total. The largest absolute Gasteiger partial charge is 0.496 e. The van der Waals surface area contributed by atoms with E-state index >= 15 is 0 Å². The van der Waals surface area contributed by atoms with Crippen LogP contribution in [0.3, 0.4) is 0 Å². The van der Waals surface area contributed by atoms with E-state index in [1.54, 1.807) is 50.6 Å². The first-order chi connectivity index (χ1) is 17.6. The second-order valence-corrected chi connectivity index (χ2v) is 9.41. The first kappa shape index (κ1) is 25.9. The highest BCUT2D eigenvalue weighted by Crippen LogP contribution is 2.37. The van der Waals surface area contributed by atoms with Gasteiger partial charge >= 0.3 is 7.12 Å². The number of nitriles is 1. The minimum Gasteiger partial charge on any atom is -0.496 e. The minimum absolute atomic E-state index is 0.0749. The molecule has 0 atom stereocenters. The van der Waals surface area contributed by atoms with Crippen LogP contribution >= 0.6 is 0 Å². The molecule has 0 spiro atoms. The Morgan fingerprint density at radius 3 is 2.22 bits per heavy atom. The Hall–Kier alpha value is -4.14. The Bertz CT molecular complexity index is 1390. The molecule has 11 heteroatoms. The smallest absolute Gasteiger partial charge is 0.495 e. The molecule has 3 aromatic rings. The lowest BCUT2D eigenvalue weighted by atomic mass is 9.78. The van der Waals surface area contributed by atoms with Crippen LogP contribution in [0.1, 0.15) is 38.8 Å². The van der Waals surface area contributed by atoms with Gasteiger partial charge < -0.3 is 18.8 Å². The second kappa shape index (κ2) is 10.1. The van der Waals surface area contributed by atoms with E-state index in [-0.39, 0.29) is 17.2 Å². The maximum atomic E-state index is 12.5. The molecule has 1 aliphatic rings. The summed E-state index contributed by atoms with van der Waals surface area (Å²) in [5.74, 6) is 1.05. The zero-order chi connectivity index (χ0) is 26.8. The number of aromatic nitrogens is 2. The van der Waals surface area contributed by atoms with E-state index in [1.807, 2.05) is 39.8 Å². The lowest BCUT2D eigenvalue weighted by Gasteiger charge is -2.32. The molecule has 0 aliphatic carbocycles. The molecule has 2 aromatic carbocycles. The molecule has 0 unspecified atom stereocenters. The summed E-state index contributed by atoms with van der Waals surface area (Å²) in [5.41, 5.74) is 3.26. The average molecular weight is 501 g/mol. The molecular weight excluding hydrogens is 473 g/mol. The predicted molar refractivity (Wildman–Crippen MR) is 141 cm³/mol. The molecule has 190 valence electrons. The van der Waals surface area contributed by atoms with Gasteiger partial charge in [-0.3, -0.25) is 9.78 Å². The molecule has 1 saturated heterocycles. The molecule has 0 amide bonds. The topological polar surface area (TPSA) is 131 Å². The molecule has 0 radical (unpaired) electrons. The van der Waals surface area contributed by atoms with Crippen molar-refractivity contribution in [1.82, 2.24) is 9.97 Å². The van der Waals surface area contributed by atoms with Crippen molar-refractivity contribution in [2.45, 2.75) is 38.9 Å². The Morgan fingerprint density at radius 2 is 1.68 bits per heavy atom. The van der Waals surface area contributed by atoms with Crippen LogP contribution in [-0.4, -0.2) is 48.7 Å². The number of anilines is 1. The number of H-pyrrole nitrogens is 1. The first-order valence-electron chi connectivity index (χ1n) is 11.6. The van der Waals surface area contributed by atoms with Gasteiger partial charge in [0, 0.05) is 5.56 Å². The molecule has 1 aromatic heterocycles. The SMILES string of the molecule is COc1cc(B2OC(C)(C)C(C)(C)O2)cc(OC)c1C=NNc1nc(-c2ccccc2)c(C#N)c(=O)[nH]1. The number of rotatable bonds is 7. The summed E-state index contributed by atoms with van der Waals surface area (Å²) in [5, 5.41) is 13.7. The Balaban J connectivity index is 1.64. The number of nitrogens with one attached hydrogen (secondary N) is 2. The summed E-state index contributed by atoms with van der Waals surface area (Å²) < 4.78 is 23.5. The zero-order valence-corrected chi connectivity index (χ0v) is 21.6. The summed E-state index contributed by atoms with van der Waals surface area (Å²) in [6.07, 6.45) is 1.49. The lowest BCUT2D eigenvalue weighted by molar-refractivity contribution is 0.00578. The standard InChI is InChI=1S/C26H28BN5O5/c1-25(2)26(3,4)37-27(36-25)17-12-20(34-5)19(21(13-17)35-6)15-29-32-24-30-22(16-10-8-7-9-11-16)18(14-28)23(33)31-24/h7-13,15H,1-6H3,(H2,30,31,32,33). The fraction of sp³-hybridized carbons (Fsp3) is 0.308. The van der Waals surface area contributed by atoms with Gasteiger partial charge in [-0.15, -0.1) is 0 Å². The Kier molecular flexibility index (Phi) is 7.07. The van der Waals surface area contributed by atoms with Crippen molar-refractivity contribution in [3.8, 4) is 28.8 Å². The van der Waals surface area contributed by atoms with Gasteiger partial charge in [0.05, 0.1) is 42.9 Å². The third-order valence-electron chi connectivity index (χ3n) is 6.53. The molecule has 37 heavy (non-hydrogen) atoms. The minimum atomic E-state index is -0.596. The zero-order valence-electron chi connectivity index (χ0n) is 21.6. The number of nitrogens with zero attached hydrogens (tertiary/aromatic N) is 3. The highest BCUT2D eigenvalue weighted by Gasteiger charge is 2.52. The van der Waals surface area contributed by atoms with Crippen LogP contribution in [0.2, 0.25) is 0 Å². The number of hydrogen-bond acceptors (Lipinski definition) is 9. The van der Waals surface area contributed by atoms with E-state index in [4.69, 9.17) is 18.8 Å². The summed E-state index contributed by atoms with van der Waals surface area (Å²) in [6.45, 7) is 7.94. The van der Waals surface area contributed by atoms with E-state index in [0.29, 0.717) is 22.6 Å². The van der Waals surface area contributed by atoms with Gasteiger partial charge in [-0.2, -0.15) is 10.4 Å². The number of methoxy groups -OCH3 is 2. The molecule has 0 saturated carbocycles. The molecule has 0 bridgehead atoms. The third-order valence-corrected chi connectivity index (χ3v) is 6.53. The summed E-state index contributed by atoms with van der Waals surface area (Å²) in [4.78, 5) is 19.4. The van der Waals surface area contributed by atoms with Crippen LogP contribution in [0, 0.1) is 11.3 Å². The van der Waals surface area contributed by atoms with Crippen LogP contribution in [-0.2, 0) is 9.31 Å². The van der Waals surface area contributed by atoms with Crippen LogP contribution in [0.25, 0.3) is 11.3 Å². The molecule has 1 fully saturated rings. The average Bonchev–Trinajstić information content (AvgIpc) is 3.10. The molecule has 10 nitrogen and oxygen atoms in total. The highest BCUT2D eigenvalue weighted by molar-refractivity contribution is 6.62. The number of aromatic amines is 1. The first-order valence-corrected chi connectivity index (χ1v) is 11.6. The second-order valence-electron chi connectivity index (χ2n) is 9.41. The van der Waals surface area contributed by atoms with E-state index in [0.717, 1.165) is 5.46 Å². The fourth-order valence-corrected chi connectivity index (χ4v) is 3.79. The molecular formula is C26H28BN5O5. The van der Waals surface area contributed by atoms with Gasteiger partial charge in [0.2, 0.25) is 5.95 Å². The molecule has 1 aliphatic heterocycles. The van der Waals surface area contributed by atoms with Crippen LogP contribution in [0.4, 0.5) is 5.95 Å². The quantitative estimate of drug-likeness (QED) is 0.287.